The van der Waals surface area contributed by atoms with Crippen molar-refractivity contribution >= 4 is 17.4 Å². The lowest BCUT2D eigenvalue weighted by Gasteiger charge is -2.37. The molecule has 0 N–H and O–H groups in total. The Bertz CT molecular complexity index is 405. The van der Waals surface area contributed by atoms with Crippen LogP contribution in [0.25, 0.3) is 0 Å². The van der Waals surface area contributed by atoms with Crippen LogP contribution in [0.15, 0.2) is 6.07 Å². The van der Waals surface area contributed by atoms with Gasteiger partial charge in [0.25, 0.3) is 0 Å². The third-order valence-electron chi connectivity index (χ3n) is 3.21. The van der Waals surface area contributed by atoms with Crippen LogP contribution < -0.4 is 9.64 Å². The molecule has 0 aliphatic carbocycles. The van der Waals surface area contributed by atoms with Gasteiger partial charge in [-0.1, -0.05) is 11.6 Å². The van der Waals surface area contributed by atoms with Gasteiger partial charge in [0.2, 0.25) is 0 Å². The SMILES string of the molecule is COc1nc(Cl)cc(N2CCN(C(C)C)CC2)n1. The number of hydrogen-bond acceptors (Lipinski definition) is 5. The third-order valence-corrected chi connectivity index (χ3v) is 3.41. The van der Waals surface area contributed by atoms with E-state index in [0.29, 0.717) is 17.2 Å². The second-order valence-electron chi connectivity index (χ2n) is 4.65. The van der Waals surface area contributed by atoms with Crippen LogP contribution in [0.1, 0.15) is 13.8 Å². The number of halogens is 1. The molecule has 0 radical (unpaired) electrons. The molecule has 0 amide bonds. The number of ether oxygens (including phenoxy) is 1. The largest absolute Gasteiger partial charge is 0.467 e. The first-order chi connectivity index (χ1) is 8.60. The van der Waals surface area contributed by atoms with Crippen LogP contribution in [-0.4, -0.2) is 54.2 Å². The van der Waals surface area contributed by atoms with E-state index in [1.54, 1.807) is 13.2 Å². The molecule has 0 bridgehead atoms. The molecule has 6 heteroatoms. The van der Waals surface area contributed by atoms with Crippen LogP contribution in [0.3, 0.4) is 0 Å². The summed E-state index contributed by atoms with van der Waals surface area (Å²) >= 11 is 5.96. The fourth-order valence-corrected chi connectivity index (χ4v) is 2.28. The molecule has 0 aromatic carbocycles. The van der Waals surface area contributed by atoms with Gasteiger partial charge in [0, 0.05) is 38.3 Å². The van der Waals surface area contributed by atoms with Gasteiger partial charge in [0.15, 0.2) is 0 Å². The van der Waals surface area contributed by atoms with Crippen molar-refractivity contribution in [1.82, 2.24) is 14.9 Å². The highest BCUT2D eigenvalue weighted by Gasteiger charge is 2.20. The van der Waals surface area contributed by atoms with Crippen LogP contribution in [0.4, 0.5) is 5.82 Å². The molecule has 1 aromatic heterocycles. The van der Waals surface area contributed by atoms with Crippen molar-refractivity contribution in [2.24, 2.45) is 0 Å². The Kier molecular flexibility index (Phi) is 4.24. The highest BCUT2D eigenvalue weighted by Crippen LogP contribution is 2.20. The average Bonchev–Trinajstić information content (AvgIpc) is 2.38. The lowest BCUT2D eigenvalue weighted by molar-refractivity contribution is 0.209. The molecule has 100 valence electrons. The van der Waals surface area contributed by atoms with Crippen molar-refractivity contribution in [1.29, 1.82) is 0 Å². The first-order valence-corrected chi connectivity index (χ1v) is 6.55. The summed E-state index contributed by atoms with van der Waals surface area (Å²) in [5.41, 5.74) is 0. The summed E-state index contributed by atoms with van der Waals surface area (Å²) in [7, 11) is 1.55. The Morgan fingerprint density at radius 2 is 1.89 bits per heavy atom. The lowest BCUT2D eigenvalue weighted by Crippen LogP contribution is -2.49. The first kappa shape index (κ1) is 13.4. The fraction of sp³-hybridized carbons (Fsp3) is 0.667. The predicted octanol–water partition coefficient (Wildman–Crippen LogP) is 1.67. The number of aromatic nitrogens is 2. The number of hydrogen-bond donors (Lipinski definition) is 0. The van der Waals surface area contributed by atoms with E-state index in [-0.39, 0.29) is 0 Å². The molecular weight excluding hydrogens is 252 g/mol. The van der Waals surface area contributed by atoms with E-state index in [1.807, 2.05) is 0 Å². The monoisotopic (exact) mass is 270 g/mol. The summed E-state index contributed by atoms with van der Waals surface area (Å²) in [6.45, 7) is 8.44. The van der Waals surface area contributed by atoms with Gasteiger partial charge in [0.05, 0.1) is 7.11 Å². The van der Waals surface area contributed by atoms with E-state index in [1.165, 1.54) is 0 Å². The van der Waals surface area contributed by atoms with Crippen LogP contribution >= 0.6 is 11.6 Å². The summed E-state index contributed by atoms with van der Waals surface area (Å²) in [5, 5.41) is 0.420. The lowest BCUT2D eigenvalue weighted by atomic mass is 10.2. The second-order valence-corrected chi connectivity index (χ2v) is 5.04. The quantitative estimate of drug-likeness (QED) is 0.782. The summed E-state index contributed by atoms with van der Waals surface area (Å²) in [6.07, 6.45) is 0. The predicted molar refractivity (Wildman–Crippen MR) is 72.5 cm³/mol. The molecule has 0 unspecified atom stereocenters. The molecule has 0 saturated carbocycles. The van der Waals surface area contributed by atoms with Gasteiger partial charge in [0.1, 0.15) is 11.0 Å². The van der Waals surface area contributed by atoms with Crippen LogP contribution in [-0.2, 0) is 0 Å². The zero-order chi connectivity index (χ0) is 13.1. The minimum atomic E-state index is 0.323. The minimum Gasteiger partial charge on any atom is -0.467 e. The van der Waals surface area contributed by atoms with Crippen molar-refractivity contribution in [3.05, 3.63) is 11.2 Å². The van der Waals surface area contributed by atoms with Gasteiger partial charge in [-0.15, -0.1) is 0 Å². The number of nitrogens with zero attached hydrogens (tertiary/aromatic N) is 4. The minimum absolute atomic E-state index is 0.323. The molecule has 18 heavy (non-hydrogen) atoms. The van der Waals surface area contributed by atoms with Gasteiger partial charge in [-0.05, 0) is 13.8 Å². The first-order valence-electron chi connectivity index (χ1n) is 6.17. The number of methoxy groups -OCH3 is 1. The molecule has 0 spiro atoms. The smallest absolute Gasteiger partial charge is 0.319 e. The van der Waals surface area contributed by atoms with E-state index in [2.05, 4.69) is 33.6 Å². The number of piperazine rings is 1. The Hall–Kier alpha value is -1.07. The standard InChI is InChI=1S/C12H19ClN4O/c1-9(2)16-4-6-17(7-5-16)11-8-10(13)14-12(15-11)18-3/h8-9H,4-7H2,1-3H3. The molecule has 5 nitrogen and oxygen atoms in total. The fourth-order valence-electron chi connectivity index (χ4n) is 2.11. The van der Waals surface area contributed by atoms with E-state index in [0.717, 1.165) is 32.0 Å². The zero-order valence-electron chi connectivity index (χ0n) is 11.1. The Balaban J connectivity index is 2.07. The van der Waals surface area contributed by atoms with Gasteiger partial charge >= 0.3 is 6.01 Å². The van der Waals surface area contributed by atoms with Crippen molar-refractivity contribution in [3.8, 4) is 6.01 Å². The zero-order valence-corrected chi connectivity index (χ0v) is 11.8. The van der Waals surface area contributed by atoms with E-state index >= 15 is 0 Å². The topological polar surface area (TPSA) is 41.5 Å². The normalized spacial score (nSPS) is 17.3. The summed E-state index contributed by atoms with van der Waals surface area (Å²) in [5.74, 6) is 0.843. The molecule has 1 aromatic rings. The van der Waals surface area contributed by atoms with Crippen molar-refractivity contribution in [2.45, 2.75) is 19.9 Å². The molecule has 1 fully saturated rings. The Morgan fingerprint density at radius 3 is 2.44 bits per heavy atom. The number of anilines is 1. The molecule has 1 aliphatic rings. The van der Waals surface area contributed by atoms with Crippen molar-refractivity contribution in [3.63, 3.8) is 0 Å². The molecule has 2 rings (SSSR count). The molecular formula is C12H19ClN4O. The van der Waals surface area contributed by atoms with Gasteiger partial charge < -0.3 is 9.64 Å². The molecule has 1 saturated heterocycles. The molecule has 2 heterocycles. The summed E-state index contributed by atoms with van der Waals surface area (Å²) in [6, 6.07) is 2.70. The van der Waals surface area contributed by atoms with E-state index in [4.69, 9.17) is 16.3 Å². The van der Waals surface area contributed by atoms with Crippen molar-refractivity contribution < 1.29 is 4.74 Å². The average molecular weight is 271 g/mol. The maximum Gasteiger partial charge on any atom is 0.319 e. The third kappa shape index (κ3) is 3.03. The van der Waals surface area contributed by atoms with Crippen molar-refractivity contribution in [2.75, 3.05) is 38.2 Å². The number of rotatable bonds is 3. The van der Waals surface area contributed by atoms with Gasteiger partial charge in [-0.25, -0.2) is 0 Å². The maximum atomic E-state index is 5.96. The van der Waals surface area contributed by atoms with E-state index in [9.17, 15) is 0 Å². The highest BCUT2D eigenvalue weighted by atomic mass is 35.5. The van der Waals surface area contributed by atoms with Gasteiger partial charge in [-0.3, -0.25) is 4.90 Å². The van der Waals surface area contributed by atoms with E-state index < -0.39 is 0 Å². The van der Waals surface area contributed by atoms with Crippen LogP contribution in [0.5, 0.6) is 6.01 Å². The van der Waals surface area contributed by atoms with Gasteiger partial charge in [-0.2, -0.15) is 9.97 Å². The Morgan fingerprint density at radius 1 is 1.22 bits per heavy atom. The highest BCUT2D eigenvalue weighted by molar-refractivity contribution is 6.29. The Labute approximate surface area is 113 Å². The van der Waals surface area contributed by atoms with Crippen LogP contribution in [0, 0.1) is 0 Å². The molecule has 1 aliphatic heterocycles. The summed E-state index contributed by atoms with van der Waals surface area (Å²) in [4.78, 5) is 13.0. The summed E-state index contributed by atoms with van der Waals surface area (Å²) < 4.78 is 5.04. The molecule has 0 atom stereocenters. The maximum absolute atomic E-state index is 5.96. The second kappa shape index (κ2) is 5.71. The van der Waals surface area contributed by atoms with Crippen LogP contribution in [0.2, 0.25) is 5.15 Å².